The third-order valence-corrected chi connectivity index (χ3v) is 28.4. The lowest BCUT2D eigenvalue weighted by Crippen LogP contribution is -2.61. The summed E-state index contributed by atoms with van der Waals surface area (Å²) in [7, 11) is -10.3. The van der Waals surface area contributed by atoms with Gasteiger partial charge >= 0.3 is 17.9 Å². The second kappa shape index (κ2) is 25.0. The zero-order valence-corrected chi connectivity index (χ0v) is 59.6. The molecule has 0 saturated heterocycles. The summed E-state index contributed by atoms with van der Waals surface area (Å²) in [5.74, 6) is -14.2. The number of rotatable bonds is 9. The zero-order valence-electron chi connectivity index (χ0n) is 57.1. The van der Waals surface area contributed by atoms with Crippen LogP contribution in [0.15, 0.2) is 64.5 Å². The van der Waals surface area contributed by atoms with E-state index in [1.165, 1.54) is 39.0 Å². The molecule has 6 aliphatic rings. The standard InChI is InChI=1S/3C21H29F3N4O3S/c3*1-18(2,3)31-16(29)9-13-19(4,5)32(30)14(10-21(23,24)11-26-32)20(6,28-13)17-12(22)7-8-15(25)27-17/h3*7-8,14H,9-11H2,1-6H3,(H2,25,27)/t3*14-,20+,32-/m110/s1. The van der Waals surface area contributed by atoms with Gasteiger partial charge in [0.1, 0.15) is 105 Å². The van der Waals surface area contributed by atoms with Crippen molar-refractivity contribution < 1.29 is 80.7 Å². The van der Waals surface area contributed by atoms with Crippen LogP contribution in [0.1, 0.15) is 180 Å². The number of aromatic nitrogens is 3. The number of pyridine rings is 3. The summed E-state index contributed by atoms with van der Waals surface area (Å²) >= 11 is 0. The largest absolute Gasteiger partial charge is 0.460 e. The fourth-order valence-electron chi connectivity index (χ4n) is 12.6. The second-order valence-corrected chi connectivity index (χ2v) is 38.8. The Hall–Kier alpha value is -6.51. The Kier molecular flexibility index (Phi) is 20.0. The van der Waals surface area contributed by atoms with Gasteiger partial charge in [0.2, 0.25) is 0 Å². The number of carbonyl (C=O) groups excluding carboxylic acids is 3. The molecule has 0 saturated carbocycles. The van der Waals surface area contributed by atoms with E-state index in [0.717, 1.165) is 18.2 Å². The summed E-state index contributed by atoms with van der Waals surface area (Å²) in [5, 5.41) is -4.04. The predicted octanol–water partition coefficient (Wildman–Crippen LogP) is 11.6. The van der Waals surface area contributed by atoms with E-state index in [1.54, 1.807) is 104 Å². The molecular weight excluding hydrogens is 1340 g/mol. The Morgan fingerprint density at radius 3 is 0.833 bits per heavy atom. The number of anilines is 3. The van der Waals surface area contributed by atoms with Crippen LogP contribution in [-0.2, 0) is 74.4 Å². The number of nitrogen functional groups attached to an aromatic ring is 3. The van der Waals surface area contributed by atoms with Crippen molar-refractivity contribution in [3.63, 3.8) is 0 Å². The number of fused-ring (bicyclic) bond motifs is 3. The summed E-state index contributed by atoms with van der Waals surface area (Å²) < 4.78 is 198. The number of nitrogens with two attached hydrogens (primary N) is 3. The first-order valence-electron chi connectivity index (χ1n) is 30.7. The number of hydrogen-bond acceptors (Lipinski definition) is 21. The maximum atomic E-state index is 14.9. The van der Waals surface area contributed by atoms with Crippen molar-refractivity contribution in [3.8, 4) is 0 Å². The molecule has 9 atom stereocenters. The highest BCUT2D eigenvalue weighted by atomic mass is 32.2. The molecule has 0 amide bonds. The molecular formula is C63H87F9N12O9S3. The van der Waals surface area contributed by atoms with Gasteiger partial charge in [-0.2, -0.15) is 0 Å². The predicted molar refractivity (Wildman–Crippen MR) is 350 cm³/mol. The van der Waals surface area contributed by atoms with Crippen LogP contribution >= 0.6 is 0 Å². The third kappa shape index (κ3) is 14.9. The van der Waals surface area contributed by atoms with E-state index in [0.29, 0.717) is 0 Å². The lowest BCUT2D eigenvalue weighted by Gasteiger charge is -2.49. The fraction of sp³-hybridized carbons (Fsp3) is 0.667. The summed E-state index contributed by atoms with van der Waals surface area (Å²) in [6.45, 7) is 26.0. The van der Waals surface area contributed by atoms with E-state index >= 15 is 0 Å². The minimum absolute atomic E-state index is 0.0395. The quantitative estimate of drug-likeness (QED) is 0.102. The zero-order chi connectivity index (χ0) is 73.0. The van der Waals surface area contributed by atoms with Crippen molar-refractivity contribution in [1.82, 2.24) is 15.0 Å². The average Bonchev–Trinajstić information content (AvgIpc) is 0.711. The number of esters is 3. The number of ether oxygens (including phenoxy) is 3. The van der Waals surface area contributed by atoms with E-state index in [9.17, 15) is 66.5 Å². The lowest BCUT2D eigenvalue weighted by molar-refractivity contribution is -0.154. The van der Waals surface area contributed by atoms with E-state index in [-0.39, 0.29) is 70.9 Å². The summed E-state index contributed by atoms with van der Waals surface area (Å²) in [6, 6.07) is 6.88. The SMILES string of the molecule is CC(C)(C)OC(=O)CC1=N[C@@](C)(c2nc(N)ccc2F)[C@@H]2CC(F)(F)CN=[S@@]2(=O)C1(C)C.CC(C)(C)OC(=O)CC1=N[C@](C)(c2nc(N)ccc2F)[C@H]2CC(F)(F)CN=[S@]2(=O)C1(C)C.CC(C)(C)OC(=O)CC1=N[C@](C)(c2nc(N)ccc2F)[C@H]2CC(F)(F)CN=[S@]2(=O)C1(C)C. The number of hydrogen-bond donors (Lipinski definition) is 3. The Morgan fingerprint density at radius 2 is 0.635 bits per heavy atom. The number of halogens is 9. The highest BCUT2D eigenvalue weighted by Gasteiger charge is 2.64. The van der Waals surface area contributed by atoms with Crippen LogP contribution in [0, 0.1) is 17.5 Å². The van der Waals surface area contributed by atoms with E-state index in [2.05, 4.69) is 43.0 Å². The van der Waals surface area contributed by atoms with Crippen LogP contribution in [0.25, 0.3) is 0 Å². The van der Waals surface area contributed by atoms with Crippen molar-refractivity contribution in [2.75, 3.05) is 36.8 Å². The van der Waals surface area contributed by atoms with Gasteiger partial charge < -0.3 is 31.4 Å². The number of alkyl halides is 6. The molecule has 534 valence electrons. The molecule has 96 heavy (non-hydrogen) atoms. The van der Waals surface area contributed by atoms with Crippen molar-refractivity contribution >= 4 is 81.7 Å². The molecule has 0 radical (unpaired) electrons. The molecule has 33 heteroatoms. The Morgan fingerprint density at radius 1 is 0.427 bits per heavy atom. The van der Waals surface area contributed by atoms with Crippen LogP contribution < -0.4 is 17.2 Å². The number of aliphatic imine (C=N–C) groups is 3. The van der Waals surface area contributed by atoms with Gasteiger partial charge in [-0.3, -0.25) is 29.4 Å². The molecule has 9 rings (SSSR count). The van der Waals surface area contributed by atoms with Crippen molar-refractivity contribution in [2.24, 2.45) is 28.1 Å². The molecule has 0 fully saturated rings. The van der Waals surface area contributed by atoms with Gasteiger partial charge in [-0.05, 0) is 161 Å². The molecule has 9 heterocycles. The van der Waals surface area contributed by atoms with Crippen LogP contribution in [0.3, 0.4) is 0 Å². The van der Waals surface area contributed by atoms with E-state index in [4.69, 9.17) is 31.4 Å². The third-order valence-electron chi connectivity index (χ3n) is 17.6. The first kappa shape index (κ1) is 76.9. The smallest absolute Gasteiger partial charge is 0.312 e. The Balaban J connectivity index is 0.000000203. The summed E-state index contributed by atoms with van der Waals surface area (Å²) in [4.78, 5) is 63.6. The first-order valence-corrected chi connectivity index (χ1v) is 35.5. The molecule has 6 N–H and O–H groups in total. The number of carbonyl (C=O) groups is 3. The minimum Gasteiger partial charge on any atom is -0.460 e. The van der Waals surface area contributed by atoms with Crippen LogP contribution in [0.5, 0.6) is 0 Å². The highest BCUT2D eigenvalue weighted by Crippen LogP contribution is 2.54. The van der Waals surface area contributed by atoms with Gasteiger partial charge in [0.05, 0.1) is 78.4 Å². The van der Waals surface area contributed by atoms with E-state index in [1.807, 2.05) is 0 Å². The van der Waals surface area contributed by atoms with Crippen LogP contribution in [0.4, 0.5) is 57.0 Å². The van der Waals surface area contributed by atoms with Crippen molar-refractivity contribution in [3.05, 3.63) is 70.9 Å². The molecule has 0 aliphatic carbocycles. The molecule has 0 unspecified atom stereocenters. The minimum atomic E-state index is -3.45. The summed E-state index contributed by atoms with van der Waals surface area (Å²) in [6.07, 6.45) is -3.48. The van der Waals surface area contributed by atoms with Crippen molar-refractivity contribution in [1.29, 1.82) is 0 Å². The first-order chi connectivity index (χ1) is 43.2. The summed E-state index contributed by atoms with van der Waals surface area (Å²) in [5.41, 5.74) is 9.04. The van der Waals surface area contributed by atoms with Gasteiger partial charge in [-0.25, -0.2) is 80.2 Å². The van der Waals surface area contributed by atoms with Gasteiger partial charge in [-0.1, -0.05) is 0 Å². The average molecular weight is 1420 g/mol. The van der Waals surface area contributed by atoms with Gasteiger partial charge in [-0.15, -0.1) is 0 Å². The monoisotopic (exact) mass is 1420 g/mol. The van der Waals surface area contributed by atoms with Crippen molar-refractivity contribution in [2.45, 2.75) is 244 Å². The van der Waals surface area contributed by atoms with E-state index < -0.39 is 185 Å². The van der Waals surface area contributed by atoms with Crippen LogP contribution in [-0.4, -0.2) is 147 Å². The second-order valence-electron chi connectivity index (χ2n) is 29.9. The molecule has 3 aromatic heterocycles. The topological polar surface area (TPSA) is 321 Å². The lowest BCUT2D eigenvalue weighted by atomic mass is 9.87. The Labute approximate surface area is 555 Å². The molecule has 0 bridgehead atoms. The highest BCUT2D eigenvalue weighted by molar-refractivity contribution is 7.97. The molecule has 21 nitrogen and oxygen atoms in total. The van der Waals surface area contributed by atoms with Gasteiger partial charge in [0, 0.05) is 36.4 Å². The fourth-order valence-corrected chi connectivity index (χ4v) is 22.5. The molecule has 0 aromatic carbocycles. The maximum Gasteiger partial charge on any atom is 0.312 e. The molecule has 3 aromatic rings. The van der Waals surface area contributed by atoms with Crippen LogP contribution in [0.2, 0.25) is 0 Å². The van der Waals surface area contributed by atoms with Gasteiger partial charge in [0.15, 0.2) is 0 Å². The maximum absolute atomic E-state index is 14.9. The Bertz CT molecular complexity index is 3720. The van der Waals surface area contributed by atoms with Gasteiger partial charge in [0.25, 0.3) is 17.8 Å². The number of nitrogens with zero attached hydrogens (tertiary/aromatic N) is 9. The molecule has 0 spiro atoms. The normalized spacial score (nSPS) is 31.2. The molecule has 6 aliphatic heterocycles.